The molecule has 5 nitrogen and oxygen atoms in total. The van der Waals surface area contributed by atoms with Crippen molar-refractivity contribution in [1.82, 2.24) is 5.32 Å². The van der Waals surface area contributed by atoms with Gasteiger partial charge < -0.3 is 20.1 Å². The molecule has 0 saturated carbocycles. The van der Waals surface area contributed by atoms with Crippen LogP contribution in [0.3, 0.4) is 0 Å². The molecule has 0 spiro atoms. The van der Waals surface area contributed by atoms with Crippen LogP contribution in [0.25, 0.3) is 0 Å². The van der Waals surface area contributed by atoms with Gasteiger partial charge in [0, 0.05) is 6.42 Å². The number of fused-ring (bicyclic) bond motifs is 1. The minimum absolute atomic E-state index is 0. The molecule has 0 radical (unpaired) electrons. The maximum Gasteiger partial charge on any atom is 0.224 e. The van der Waals surface area contributed by atoms with E-state index in [0.29, 0.717) is 48.7 Å². The van der Waals surface area contributed by atoms with Crippen molar-refractivity contribution in [2.75, 3.05) is 31.6 Å². The molecule has 2 N–H and O–H groups in total. The van der Waals surface area contributed by atoms with Crippen molar-refractivity contribution < 1.29 is 14.3 Å². The summed E-state index contributed by atoms with van der Waals surface area (Å²) >= 11 is 0. The third kappa shape index (κ3) is 4.52. The van der Waals surface area contributed by atoms with E-state index in [1.165, 1.54) is 0 Å². The number of rotatable bonds is 4. The molecule has 0 aromatic heterocycles. The van der Waals surface area contributed by atoms with Crippen LogP contribution in [0.5, 0.6) is 11.5 Å². The van der Waals surface area contributed by atoms with Crippen LogP contribution in [0.2, 0.25) is 0 Å². The van der Waals surface area contributed by atoms with Crippen LogP contribution in [0.4, 0.5) is 5.69 Å². The largest absolute Gasteiger partial charge is 0.486 e. The first-order valence-electron chi connectivity index (χ1n) is 8.13. The van der Waals surface area contributed by atoms with E-state index in [1.807, 2.05) is 18.2 Å². The highest BCUT2D eigenvalue weighted by Gasteiger charge is 2.23. The van der Waals surface area contributed by atoms with E-state index in [4.69, 9.17) is 9.47 Å². The lowest BCUT2D eigenvalue weighted by Gasteiger charge is -2.28. The average Bonchev–Trinajstić information content (AvgIpc) is 2.56. The quantitative estimate of drug-likeness (QED) is 0.884. The molecular weight excluding hydrogens is 316 g/mol. The Balaban J connectivity index is 0.00000192. The minimum atomic E-state index is 0. The SMILES string of the molecule is CC(CC(=O)Nc1cccc2c1OCCO2)C1CCNCC1.Cl. The summed E-state index contributed by atoms with van der Waals surface area (Å²) in [6.45, 7) is 5.38. The number of hydrogen-bond donors (Lipinski definition) is 2. The van der Waals surface area contributed by atoms with E-state index in [9.17, 15) is 4.79 Å². The number of ether oxygens (including phenoxy) is 2. The van der Waals surface area contributed by atoms with Crippen molar-refractivity contribution in [3.63, 3.8) is 0 Å². The first kappa shape index (κ1) is 17.9. The van der Waals surface area contributed by atoms with E-state index in [-0.39, 0.29) is 18.3 Å². The first-order chi connectivity index (χ1) is 10.7. The zero-order valence-corrected chi connectivity index (χ0v) is 14.3. The summed E-state index contributed by atoms with van der Waals surface area (Å²) in [5.41, 5.74) is 0.708. The van der Waals surface area contributed by atoms with Crippen LogP contribution < -0.4 is 20.1 Å². The molecule has 1 unspecified atom stereocenters. The highest BCUT2D eigenvalue weighted by Crippen LogP contribution is 2.37. The molecule has 0 aliphatic carbocycles. The number of halogens is 1. The highest BCUT2D eigenvalue weighted by atomic mass is 35.5. The second-order valence-corrected chi connectivity index (χ2v) is 6.15. The second-order valence-electron chi connectivity index (χ2n) is 6.15. The van der Waals surface area contributed by atoms with Gasteiger partial charge in [0.1, 0.15) is 13.2 Å². The fraction of sp³-hybridized carbons (Fsp3) is 0.588. The number of carbonyl (C=O) groups excluding carboxylic acids is 1. The minimum Gasteiger partial charge on any atom is -0.486 e. The van der Waals surface area contributed by atoms with E-state index in [1.54, 1.807) is 0 Å². The second kappa shape index (κ2) is 8.41. The standard InChI is InChI=1S/C17H24N2O3.ClH/c1-12(13-5-7-18-8-6-13)11-16(20)19-14-3-2-4-15-17(14)22-10-9-21-15;/h2-4,12-13,18H,5-11H2,1H3,(H,19,20);1H. The van der Waals surface area contributed by atoms with Crippen molar-refractivity contribution in [1.29, 1.82) is 0 Å². The third-order valence-electron chi connectivity index (χ3n) is 4.54. The Labute approximate surface area is 143 Å². The Morgan fingerprint density at radius 1 is 1.30 bits per heavy atom. The topological polar surface area (TPSA) is 59.6 Å². The molecule has 1 atom stereocenters. The summed E-state index contributed by atoms with van der Waals surface area (Å²) in [6, 6.07) is 5.60. The molecule has 2 heterocycles. The van der Waals surface area contributed by atoms with Crippen molar-refractivity contribution in [2.24, 2.45) is 11.8 Å². The zero-order chi connectivity index (χ0) is 15.4. The van der Waals surface area contributed by atoms with Gasteiger partial charge in [0.25, 0.3) is 0 Å². The number of para-hydroxylation sites is 1. The fourth-order valence-corrected chi connectivity index (χ4v) is 3.25. The van der Waals surface area contributed by atoms with Crippen LogP contribution in [-0.2, 0) is 4.79 Å². The lowest BCUT2D eigenvalue weighted by atomic mass is 9.84. The van der Waals surface area contributed by atoms with Crippen LogP contribution in [0.1, 0.15) is 26.2 Å². The van der Waals surface area contributed by atoms with Crippen molar-refractivity contribution >= 4 is 24.0 Å². The van der Waals surface area contributed by atoms with Crippen LogP contribution >= 0.6 is 12.4 Å². The van der Waals surface area contributed by atoms with E-state index in [0.717, 1.165) is 25.9 Å². The highest BCUT2D eigenvalue weighted by molar-refractivity contribution is 5.93. The maximum absolute atomic E-state index is 12.3. The van der Waals surface area contributed by atoms with Gasteiger partial charge in [0.15, 0.2) is 11.5 Å². The molecule has 128 valence electrons. The lowest BCUT2D eigenvalue weighted by molar-refractivity contribution is -0.117. The smallest absolute Gasteiger partial charge is 0.224 e. The Hall–Kier alpha value is -1.46. The molecule has 1 saturated heterocycles. The number of benzene rings is 1. The molecular formula is C17H25ClN2O3. The van der Waals surface area contributed by atoms with Gasteiger partial charge >= 0.3 is 0 Å². The van der Waals surface area contributed by atoms with E-state index >= 15 is 0 Å². The molecule has 1 fully saturated rings. The van der Waals surface area contributed by atoms with Gasteiger partial charge in [-0.25, -0.2) is 0 Å². The number of nitrogens with one attached hydrogen (secondary N) is 2. The van der Waals surface area contributed by atoms with Crippen molar-refractivity contribution in [2.45, 2.75) is 26.2 Å². The van der Waals surface area contributed by atoms with Crippen LogP contribution in [0, 0.1) is 11.8 Å². The average molecular weight is 341 g/mol. The van der Waals surface area contributed by atoms with Crippen molar-refractivity contribution in [3.05, 3.63) is 18.2 Å². The van der Waals surface area contributed by atoms with Gasteiger partial charge in [0.05, 0.1) is 5.69 Å². The molecule has 6 heteroatoms. The van der Waals surface area contributed by atoms with Gasteiger partial charge in [-0.15, -0.1) is 12.4 Å². The summed E-state index contributed by atoms with van der Waals surface area (Å²) in [5, 5.41) is 6.35. The number of hydrogen-bond acceptors (Lipinski definition) is 4. The Bertz CT molecular complexity index is 533. The normalized spacial score (nSPS) is 18.7. The Kier molecular flexibility index (Phi) is 6.54. The molecule has 3 rings (SSSR count). The van der Waals surface area contributed by atoms with Gasteiger partial charge in [-0.3, -0.25) is 4.79 Å². The monoisotopic (exact) mass is 340 g/mol. The molecule has 23 heavy (non-hydrogen) atoms. The summed E-state index contributed by atoms with van der Waals surface area (Å²) in [5.74, 6) is 2.44. The Morgan fingerprint density at radius 2 is 2.04 bits per heavy atom. The zero-order valence-electron chi connectivity index (χ0n) is 13.5. The molecule has 2 aliphatic heterocycles. The van der Waals surface area contributed by atoms with E-state index < -0.39 is 0 Å². The molecule has 1 aromatic carbocycles. The van der Waals surface area contributed by atoms with Gasteiger partial charge in [0.2, 0.25) is 5.91 Å². The molecule has 2 aliphatic rings. The van der Waals surface area contributed by atoms with Crippen LogP contribution in [-0.4, -0.2) is 32.2 Å². The summed E-state index contributed by atoms with van der Waals surface area (Å²) in [4.78, 5) is 12.3. The van der Waals surface area contributed by atoms with Crippen molar-refractivity contribution in [3.8, 4) is 11.5 Å². The predicted molar refractivity (Wildman–Crippen MR) is 92.7 cm³/mol. The summed E-state index contributed by atoms with van der Waals surface area (Å²) in [7, 11) is 0. The van der Waals surface area contributed by atoms with Gasteiger partial charge in [-0.2, -0.15) is 0 Å². The van der Waals surface area contributed by atoms with Gasteiger partial charge in [-0.1, -0.05) is 13.0 Å². The maximum atomic E-state index is 12.3. The van der Waals surface area contributed by atoms with E-state index in [2.05, 4.69) is 17.6 Å². The Morgan fingerprint density at radius 3 is 2.83 bits per heavy atom. The molecule has 1 aromatic rings. The first-order valence-corrected chi connectivity index (χ1v) is 8.13. The number of carbonyl (C=O) groups is 1. The molecule has 0 bridgehead atoms. The number of amides is 1. The lowest BCUT2D eigenvalue weighted by Crippen LogP contribution is -2.32. The summed E-state index contributed by atoms with van der Waals surface area (Å²) in [6.07, 6.45) is 2.87. The predicted octanol–water partition coefficient (Wildman–Crippen LogP) is 2.84. The third-order valence-corrected chi connectivity index (χ3v) is 4.54. The number of piperidine rings is 1. The van der Waals surface area contributed by atoms with Gasteiger partial charge in [-0.05, 0) is 49.9 Å². The summed E-state index contributed by atoms with van der Waals surface area (Å²) < 4.78 is 11.2. The van der Waals surface area contributed by atoms with Crippen LogP contribution in [0.15, 0.2) is 18.2 Å². The molecule has 1 amide bonds. The number of anilines is 1. The fourth-order valence-electron chi connectivity index (χ4n) is 3.25.